The van der Waals surface area contributed by atoms with E-state index in [-0.39, 0.29) is 23.7 Å². The van der Waals surface area contributed by atoms with Gasteiger partial charge in [-0.15, -0.1) is 0 Å². The van der Waals surface area contributed by atoms with Gasteiger partial charge in [0.2, 0.25) is 0 Å². The highest BCUT2D eigenvalue weighted by Gasteiger charge is 2.35. The van der Waals surface area contributed by atoms with Crippen LogP contribution in [0.2, 0.25) is 0 Å². The lowest BCUT2D eigenvalue weighted by atomic mass is 9.75. The van der Waals surface area contributed by atoms with E-state index in [1.54, 1.807) is 13.2 Å². The van der Waals surface area contributed by atoms with Crippen molar-refractivity contribution in [2.45, 2.75) is 66.0 Å². The number of benzene rings is 1. The lowest BCUT2D eigenvalue weighted by molar-refractivity contribution is -0.163. The zero-order chi connectivity index (χ0) is 24.9. The number of nitrogens with one attached hydrogen (secondary N) is 1. The predicted molar refractivity (Wildman–Crippen MR) is 131 cm³/mol. The zero-order valence-corrected chi connectivity index (χ0v) is 21.3. The van der Waals surface area contributed by atoms with Crippen LogP contribution in [0.5, 0.6) is 5.75 Å². The maximum absolute atomic E-state index is 12.7. The maximum atomic E-state index is 12.7. The smallest absolute Gasteiger partial charge is 0.309 e. The van der Waals surface area contributed by atoms with E-state index in [1.807, 2.05) is 44.6 Å². The molecule has 1 aromatic carbocycles. The summed E-state index contributed by atoms with van der Waals surface area (Å²) in [5.41, 5.74) is 0.838. The van der Waals surface area contributed by atoms with Crippen molar-refractivity contribution < 1.29 is 23.8 Å². The fourth-order valence-corrected chi connectivity index (χ4v) is 4.72. The van der Waals surface area contributed by atoms with Crippen molar-refractivity contribution in [3.8, 4) is 5.75 Å². The average Bonchev–Trinajstić information content (AvgIpc) is 3.16. The summed E-state index contributed by atoms with van der Waals surface area (Å²) in [4.78, 5) is 25.3. The number of esters is 1. The Kier molecular flexibility index (Phi) is 8.57. The summed E-state index contributed by atoms with van der Waals surface area (Å²) < 4.78 is 18.5. The van der Waals surface area contributed by atoms with Gasteiger partial charge in [-0.25, -0.2) is 0 Å². The van der Waals surface area contributed by atoms with Gasteiger partial charge in [0.05, 0.1) is 35.6 Å². The van der Waals surface area contributed by atoms with Gasteiger partial charge in [-0.05, 0) is 70.9 Å². The summed E-state index contributed by atoms with van der Waals surface area (Å²) in [6.07, 6.45) is 4.70. The Bertz CT molecular complexity index is 994. The summed E-state index contributed by atoms with van der Waals surface area (Å²) in [6, 6.07) is 3.63. The molecule has 1 heterocycles. The monoisotopic (exact) mass is 473 g/mol. The minimum absolute atomic E-state index is 0.0455. The van der Waals surface area contributed by atoms with Crippen molar-refractivity contribution in [3.05, 3.63) is 23.9 Å². The largest absolute Gasteiger partial charge is 0.492 e. The molecule has 1 N–H and O–H groups in total. The number of amides is 1. The second-order valence-corrected chi connectivity index (χ2v) is 10.2. The lowest BCUT2D eigenvalue weighted by Gasteiger charge is -2.34. The number of ether oxygens (including phenoxy) is 3. The third-order valence-electron chi connectivity index (χ3n) is 6.25. The standard InChI is InChI=1S/C26H39N3O5/c1-7-33-23-20(24(30)27-12-13-32-6)10-11-22-21(23)16-29(28-22)15-18-8-9-19(17(2)14-18)25(31)34-26(3,4)5/h10-11,16-19H,7-9,12-15H2,1-6H3,(H,27,30). The molecule has 8 heteroatoms. The number of rotatable bonds is 9. The minimum Gasteiger partial charge on any atom is -0.492 e. The fourth-order valence-electron chi connectivity index (χ4n) is 4.72. The van der Waals surface area contributed by atoms with Gasteiger partial charge >= 0.3 is 5.97 Å². The molecule has 1 saturated carbocycles. The van der Waals surface area contributed by atoms with Gasteiger partial charge < -0.3 is 19.5 Å². The Balaban J connectivity index is 1.72. The normalized spacial score (nSPS) is 20.8. The zero-order valence-electron chi connectivity index (χ0n) is 21.3. The van der Waals surface area contributed by atoms with Gasteiger partial charge in [-0.3, -0.25) is 14.3 Å². The van der Waals surface area contributed by atoms with Crippen LogP contribution in [0.1, 0.15) is 64.2 Å². The van der Waals surface area contributed by atoms with Crippen LogP contribution >= 0.6 is 0 Å². The van der Waals surface area contributed by atoms with Gasteiger partial charge in [0.1, 0.15) is 11.4 Å². The third kappa shape index (κ3) is 6.50. The number of carbonyl (C=O) groups excluding carboxylic acids is 2. The van der Waals surface area contributed by atoms with Crippen LogP contribution < -0.4 is 10.1 Å². The Morgan fingerprint density at radius 1 is 1.24 bits per heavy atom. The molecule has 1 amide bonds. The van der Waals surface area contributed by atoms with Crippen LogP contribution in [0.3, 0.4) is 0 Å². The maximum Gasteiger partial charge on any atom is 0.309 e. The van der Waals surface area contributed by atoms with Crippen LogP contribution in [0.15, 0.2) is 18.3 Å². The number of aromatic nitrogens is 2. The molecule has 3 atom stereocenters. The molecule has 0 spiro atoms. The molecular formula is C26H39N3O5. The topological polar surface area (TPSA) is 91.7 Å². The molecule has 3 rings (SSSR count). The van der Waals surface area contributed by atoms with Gasteiger partial charge in [-0.2, -0.15) is 5.10 Å². The molecule has 1 aliphatic carbocycles. The molecule has 1 aromatic heterocycles. The van der Waals surface area contributed by atoms with Gasteiger partial charge in [-0.1, -0.05) is 6.92 Å². The van der Waals surface area contributed by atoms with Gasteiger partial charge in [0, 0.05) is 26.4 Å². The number of carbonyl (C=O) groups is 2. The molecule has 0 bridgehead atoms. The quantitative estimate of drug-likeness (QED) is 0.433. The van der Waals surface area contributed by atoms with E-state index in [9.17, 15) is 9.59 Å². The number of hydrogen-bond donors (Lipinski definition) is 1. The average molecular weight is 474 g/mol. The van der Waals surface area contributed by atoms with Crippen LogP contribution in [0.4, 0.5) is 0 Å². The first-order chi connectivity index (χ1) is 16.1. The second-order valence-electron chi connectivity index (χ2n) is 10.2. The number of nitrogens with zero attached hydrogens (tertiary/aromatic N) is 2. The molecule has 3 unspecified atom stereocenters. The highest BCUT2D eigenvalue weighted by atomic mass is 16.6. The molecule has 8 nitrogen and oxygen atoms in total. The third-order valence-corrected chi connectivity index (χ3v) is 6.25. The lowest BCUT2D eigenvalue weighted by Crippen LogP contribution is -2.35. The van der Waals surface area contributed by atoms with E-state index >= 15 is 0 Å². The summed E-state index contributed by atoms with van der Waals surface area (Å²) >= 11 is 0. The highest BCUT2D eigenvalue weighted by molar-refractivity contribution is 6.03. The Morgan fingerprint density at radius 2 is 2.00 bits per heavy atom. The summed E-state index contributed by atoms with van der Waals surface area (Å²) in [5, 5.41) is 8.44. The van der Waals surface area contributed by atoms with Gasteiger partial charge in [0.25, 0.3) is 5.91 Å². The van der Waals surface area contributed by atoms with E-state index in [2.05, 4.69) is 12.2 Å². The van der Waals surface area contributed by atoms with Crippen LogP contribution in [0, 0.1) is 17.8 Å². The molecule has 0 saturated heterocycles. The van der Waals surface area contributed by atoms with E-state index in [1.165, 1.54) is 0 Å². The van der Waals surface area contributed by atoms with E-state index in [4.69, 9.17) is 19.3 Å². The Labute approximate surface area is 202 Å². The Hall–Kier alpha value is -2.61. The SMILES string of the molecule is CCOc1c(C(=O)NCCOC)ccc2nn(CC3CCC(C(=O)OC(C)(C)C)C(C)C3)cc12. The number of methoxy groups -OCH3 is 1. The van der Waals surface area contributed by atoms with Crippen molar-refractivity contribution in [3.63, 3.8) is 0 Å². The summed E-state index contributed by atoms with van der Waals surface area (Å²) in [6.45, 7) is 11.9. The number of fused-ring (bicyclic) bond motifs is 1. The molecule has 1 aliphatic rings. The number of hydrogen-bond acceptors (Lipinski definition) is 6. The van der Waals surface area contributed by atoms with Crippen LogP contribution in [-0.4, -0.2) is 54.1 Å². The van der Waals surface area contributed by atoms with Crippen molar-refractivity contribution in [2.24, 2.45) is 17.8 Å². The van der Waals surface area contributed by atoms with E-state index < -0.39 is 5.60 Å². The first-order valence-electron chi connectivity index (χ1n) is 12.3. The molecule has 1 fully saturated rings. The first kappa shape index (κ1) is 26.0. The predicted octanol–water partition coefficient (Wildman–Crippen LogP) is 4.21. The Morgan fingerprint density at radius 3 is 2.65 bits per heavy atom. The van der Waals surface area contributed by atoms with Crippen molar-refractivity contribution in [1.82, 2.24) is 15.1 Å². The van der Waals surface area contributed by atoms with Crippen molar-refractivity contribution >= 4 is 22.8 Å². The molecule has 0 radical (unpaired) electrons. The van der Waals surface area contributed by atoms with Crippen molar-refractivity contribution in [2.75, 3.05) is 26.9 Å². The minimum atomic E-state index is -0.458. The second kappa shape index (κ2) is 11.2. The highest BCUT2D eigenvalue weighted by Crippen LogP contribution is 2.37. The molecule has 0 aliphatic heterocycles. The fraction of sp³-hybridized carbons (Fsp3) is 0.654. The summed E-state index contributed by atoms with van der Waals surface area (Å²) in [7, 11) is 1.60. The first-order valence-corrected chi connectivity index (χ1v) is 12.3. The molecule has 34 heavy (non-hydrogen) atoms. The van der Waals surface area contributed by atoms with E-state index in [0.717, 1.165) is 36.7 Å². The molecule has 188 valence electrons. The molecule has 2 aromatic rings. The summed E-state index contributed by atoms with van der Waals surface area (Å²) in [5.74, 6) is 0.930. The van der Waals surface area contributed by atoms with Gasteiger partial charge in [0.15, 0.2) is 0 Å². The molecular weight excluding hydrogens is 434 g/mol. The van der Waals surface area contributed by atoms with Crippen LogP contribution in [0.25, 0.3) is 10.9 Å². The van der Waals surface area contributed by atoms with E-state index in [0.29, 0.717) is 37.0 Å². The van der Waals surface area contributed by atoms with Crippen LogP contribution in [-0.2, 0) is 20.8 Å². The van der Waals surface area contributed by atoms with Crippen molar-refractivity contribution in [1.29, 1.82) is 0 Å².